The summed E-state index contributed by atoms with van der Waals surface area (Å²) in [6.07, 6.45) is 0.956. The lowest BCUT2D eigenvalue weighted by Gasteiger charge is -2.22. The zero-order valence-electron chi connectivity index (χ0n) is 12.6. The maximum atomic E-state index is 12.9. The zero-order valence-corrected chi connectivity index (χ0v) is 12.6. The number of hydrogen-bond donors (Lipinski definition) is 1. The van der Waals surface area contributed by atoms with E-state index in [1.165, 1.54) is 0 Å². The molecule has 6 heteroatoms. The molecule has 1 amide bonds. The minimum absolute atomic E-state index is 0.0141. The number of fused-ring (bicyclic) bond motifs is 1. The van der Waals surface area contributed by atoms with Crippen LogP contribution in [0, 0.1) is 19.8 Å². The van der Waals surface area contributed by atoms with Gasteiger partial charge in [0.05, 0.1) is 16.6 Å². The van der Waals surface area contributed by atoms with Crippen molar-refractivity contribution >= 4 is 17.0 Å². The van der Waals surface area contributed by atoms with Crippen LogP contribution in [0.5, 0.6) is 0 Å². The van der Waals surface area contributed by atoms with Crippen molar-refractivity contribution in [3.05, 3.63) is 23.0 Å². The molecule has 2 aromatic rings. The Morgan fingerprint density at radius 2 is 2.29 bits per heavy atom. The second kappa shape index (κ2) is 5.11. The van der Waals surface area contributed by atoms with Crippen molar-refractivity contribution in [2.45, 2.75) is 33.2 Å². The molecular weight excluding hydrogens is 268 g/mol. The van der Waals surface area contributed by atoms with Gasteiger partial charge in [-0.3, -0.25) is 4.79 Å². The largest absolute Gasteiger partial charge is 0.336 e. The maximum Gasteiger partial charge on any atom is 0.258 e. The number of hydrogen-bond acceptors (Lipinski definition) is 5. The Bertz CT molecular complexity index is 694. The molecule has 3 heterocycles. The van der Waals surface area contributed by atoms with Gasteiger partial charge in [-0.2, -0.15) is 0 Å². The van der Waals surface area contributed by atoms with Crippen molar-refractivity contribution in [3.8, 4) is 0 Å². The average Bonchev–Trinajstić information content (AvgIpc) is 3.01. The van der Waals surface area contributed by atoms with Crippen molar-refractivity contribution < 1.29 is 9.32 Å². The lowest BCUT2D eigenvalue weighted by atomic mass is 10.1. The fourth-order valence-electron chi connectivity index (χ4n) is 3.14. The molecule has 6 nitrogen and oxygen atoms in total. The maximum absolute atomic E-state index is 12.9. The molecule has 1 aliphatic heterocycles. The Morgan fingerprint density at radius 1 is 1.52 bits per heavy atom. The van der Waals surface area contributed by atoms with Crippen LogP contribution >= 0.6 is 0 Å². The number of aryl methyl sites for hydroxylation is 2. The highest BCUT2D eigenvalue weighted by molar-refractivity contribution is 6.06. The number of nitrogens with zero attached hydrogens (tertiary/aromatic N) is 3. The molecular formula is C15H20N4O2. The van der Waals surface area contributed by atoms with Gasteiger partial charge in [0.25, 0.3) is 11.6 Å². The third-order valence-electron chi connectivity index (χ3n) is 4.23. The van der Waals surface area contributed by atoms with E-state index >= 15 is 0 Å². The standard InChI is InChI=1S/C15H20N4O2/c1-8-4-12(13-10(3)18-21-14(13)17-8)15(20)19-7-11(6-16)5-9(19)2/h4,9,11H,5-7,16H2,1-3H3. The average molecular weight is 288 g/mol. The molecule has 0 radical (unpaired) electrons. The van der Waals surface area contributed by atoms with Crippen molar-refractivity contribution in [2.75, 3.05) is 13.1 Å². The SMILES string of the molecule is Cc1cc(C(=O)N2CC(CN)CC2C)c2c(C)noc2n1. The first kappa shape index (κ1) is 14.0. The van der Waals surface area contributed by atoms with Crippen molar-refractivity contribution in [1.82, 2.24) is 15.0 Å². The molecule has 3 rings (SSSR count). The summed E-state index contributed by atoms with van der Waals surface area (Å²) in [4.78, 5) is 19.1. The summed E-state index contributed by atoms with van der Waals surface area (Å²) in [5.74, 6) is 0.395. The van der Waals surface area contributed by atoms with Crippen LogP contribution in [0.25, 0.3) is 11.1 Å². The molecule has 0 aromatic carbocycles. The van der Waals surface area contributed by atoms with Crippen LogP contribution in [-0.4, -0.2) is 40.1 Å². The molecule has 1 fully saturated rings. The fourth-order valence-corrected chi connectivity index (χ4v) is 3.14. The normalized spacial score (nSPS) is 22.2. The molecule has 2 unspecified atom stereocenters. The van der Waals surface area contributed by atoms with Crippen molar-refractivity contribution in [2.24, 2.45) is 11.7 Å². The topological polar surface area (TPSA) is 85.2 Å². The van der Waals surface area contributed by atoms with Gasteiger partial charge in [-0.05, 0) is 45.7 Å². The number of rotatable bonds is 2. The zero-order chi connectivity index (χ0) is 15.1. The highest BCUT2D eigenvalue weighted by Gasteiger charge is 2.33. The predicted octanol–water partition coefficient (Wildman–Crippen LogP) is 1.65. The Balaban J connectivity index is 2.04. The summed E-state index contributed by atoms with van der Waals surface area (Å²) in [6, 6.07) is 2.02. The lowest BCUT2D eigenvalue weighted by molar-refractivity contribution is 0.0745. The lowest BCUT2D eigenvalue weighted by Crippen LogP contribution is -2.34. The second-order valence-electron chi connectivity index (χ2n) is 5.90. The molecule has 2 N–H and O–H groups in total. The predicted molar refractivity (Wildman–Crippen MR) is 78.9 cm³/mol. The molecule has 0 spiro atoms. The first-order valence-electron chi connectivity index (χ1n) is 7.26. The Labute approximate surface area is 123 Å². The third-order valence-corrected chi connectivity index (χ3v) is 4.23. The summed E-state index contributed by atoms with van der Waals surface area (Å²) in [7, 11) is 0. The van der Waals surface area contributed by atoms with Crippen LogP contribution in [0.1, 0.15) is 35.1 Å². The van der Waals surface area contributed by atoms with Gasteiger partial charge >= 0.3 is 0 Å². The minimum Gasteiger partial charge on any atom is -0.336 e. The first-order valence-corrected chi connectivity index (χ1v) is 7.26. The highest BCUT2D eigenvalue weighted by Crippen LogP contribution is 2.28. The van der Waals surface area contributed by atoms with E-state index in [0.717, 1.165) is 12.1 Å². The molecule has 0 aliphatic carbocycles. The second-order valence-corrected chi connectivity index (χ2v) is 5.90. The number of pyridine rings is 1. The van der Waals surface area contributed by atoms with Crippen LogP contribution in [0.2, 0.25) is 0 Å². The van der Waals surface area contributed by atoms with Crippen LogP contribution in [-0.2, 0) is 0 Å². The minimum atomic E-state index is 0.0141. The number of nitrogens with two attached hydrogens (primary N) is 1. The van der Waals surface area contributed by atoms with Crippen LogP contribution in [0.4, 0.5) is 0 Å². The Kier molecular flexibility index (Phi) is 3.41. The van der Waals surface area contributed by atoms with Gasteiger partial charge in [0.1, 0.15) is 0 Å². The molecule has 0 bridgehead atoms. The number of carbonyl (C=O) groups excluding carboxylic acids is 1. The summed E-state index contributed by atoms with van der Waals surface area (Å²) in [5.41, 5.74) is 8.25. The number of amides is 1. The smallest absolute Gasteiger partial charge is 0.258 e. The summed E-state index contributed by atoms with van der Waals surface area (Å²) < 4.78 is 5.20. The summed E-state index contributed by atoms with van der Waals surface area (Å²) in [5, 5.41) is 4.65. The molecule has 21 heavy (non-hydrogen) atoms. The first-order chi connectivity index (χ1) is 10.0. The molecule has 0 saturated carbocycles. The van der Waals surface area contributed by atoms with E-state index in [1.54, 1.807) is 0 Å². The summed E-state index contributed by atoms with van der Waals surface area (Å²) >= 11 is 0. The van der Waals surface area contributed by atoms with E-state index in [0.29, 0.717) is 41.4 Å². The van der Waals surface area contributed by atoms with E-state index in [2.05, 4.69) is 17.1 Å². The van der Waals surface area contributed by atoms with Gasteiger partial charge in [-0.25, -0.2) is 4.98 Å². The molecule has 2 aromatic heterocycles. The van der Waals surface area contributed by atoms with E-state index in [4.69, 9.17) is 10.3 Å². The van der Waals surface area contributed by atoms with E-state index < -0.39 is 0 Å². The van der Waals surface area contributed by atoms with Crippen LogP contribution in [0.3, 0.4) is 0 Å². The van der Waals surface area contributed by atoms with E-state index in [1.807, 2.05) is 24.8 Å². The third kappa shape index (κ3) is 2.29. The van der Waals surface area contributed by atoms with Crippen LogP contribution in [0.15, 0.2) is 10.6 Å². The van der Waals surface area contributed by atoms with Gasteiger partial charge in [0, 0.05) is 18.3 Å². The van der Waals surface area contributed by atoms with Crippen molar-refractivity contribution in [3.63, 3.8) is 0 Å². The monoisotopic (exact) mass is 288 g/mol. The Morgan fingerprint density at radius 3 is 2.95 bits per heavy atom. The van der Waals surface area contributed by atoms with Crippen molar-refractivity contribution in [1.29, 1.82) is 0 Å². The molecule has 1 aliphatic rings. The highest BCUT2D eigenvalue weighted by atomic mass is 16.5. The Hall–Kier alpha value is -1.95. The quantitative estimate of drug-likeness (QED) is 0.908. The molecule has 2 atom stereocenters. The number of likely N-dealkylation sites (tertiary alicyclic amines) is 1. The van der Waals surface area contributed by atoms with Gasteiger partial charge in [-0.1, -0.05) is 5.16 Å². The number of aromatic nitrogens is 2. The van der Waals surface area contributed by atoms with Gasteiger partial charge in [0.15, 0.2) is 0 Å². The van der Waals surface area contributed by atoms with E-state index in [9.17, 15) is 4.79 Å². The summed E-state index contributed by atoms with van der Waals surface area (Å²) in [6.45, 7) is 7.08. The van der Waals surface area contributed by atoms with Gasteiger partial charge < -0.3 is 15.2 Å². The van der Waals surface area contributed by atoms with Gasteiger partial charge in [-0.15, -0.1) is 0 Å². The molecule has 1 saturated heterocycles. The number of carbonyl (C=O) groups is 1. The molecule has 112 valence electrons. The fraction of sp³-hybridized carbons (Fsp3) is 0.533. The van der Waals surface area contributed by atoms with Gasteiger partial charge in [0.2, 0.25) is 0 Å². The van der Waals surface area contributed by atoms with E-state index in [-0.39, 0.29) is 11.9 Å². The van der Waals surface area contributed by atoms with Crippen LogP contribution < -0.4 is 5.73 Å².